The molecule has 1 heterocycles. The van der Waals surface area contributed by atoms with Gasteiger partial charge in [0.1, 0.15) is 6.04 Å². The van der Waals surface area contributed by atoms with Crippen LogP contribution in [0.2, 0.25) is 5.02 Å². The molecule has 0 spiro atoms. The molecule has 0 bridgehead atoms. The van der Waals surface area contributed by atoms with Crippen molar-refractivity contribution in [3.8, 4) is 0 Å². The van der Waals surface area contributed by atoms with Gasteiger partial charge in [-0.2, -0.15) is 0 Å². The van der Waals surface area contributed by atoms with Crippen LogP contribution < -0.4 is 9.62 Å². The van der Waals surface area contributed by atoms with E-state index < -0.39 is 16.0 Å². The Morgan fingerprint density at radius 3 is 2.53 bits per heavy atom. The standard InChI is InChI=1S/C21H25ClN2O4S.CH4/c1-24-18-9-6-5-8-16(18)21(23-13-7-3-2-4-10-20(25)26)17-12-11-15(22)14-19(17)29(24,27)28;/h5-6,8-9,11-12,14,21,23H,2-4,7,10,13H2,1H3,(H,25,26);1H4/p+1. The lowest BCUT2D eigenvalue weighted by Crippen LogP contribution is -2.85. The molecule has 8 heteroatoms. The molecule has 0 amide bonds. The number of nitrogens with two attached hydrogens (primary N) is 1. The van der Waals surface area contributed by atoms with Crippen molar-refractivity contribution < 1.29 is 23.6 Å². The van der Waals surface area contributed by atoms with Crippen LogP contribution in [0.15, 0.2) is 47.4 Å². The fraction of sp³-hybridized carbons (Fsp3) is 0.409. The molecule has 164 valence electrons. The van der Waals surface area contributed by atoms with Crippen molar-refractivity contribution in [2.45, 2.75) is 50.5 Å². The van der Waals surface area contributed by atoms with Crippen LogP contribution in [0, 0.1) is 0 Å². The molecule has 0 aromatic heterocycles. The van der Waals surface area contributed by atoms with E-state index in [1.807, 2.05) is 24.3 Å². The van der Waals surface area contributed by atoms with Crippen molar-refractivity contribution in [3.05, 3.63) is 58.6 Å². The first kappa shape index (κ1) is 24.2. The Bertz CT molecular complexity index is 994. The summed E-state index contributed by atoms with van der Waals surface area (Å²) < 4.78 is 27.7. The Balaban J connectivity index is 0.00000320. The van der Waals surface area contributed by atoms with Gasteiger partial charge in [-0.25, -0.2) is 8.42 Å². The number of carboxylic acids is 1. The minimum Gasteiger partial charge on any atom is -0.481 e. The number of carbonyl (C=O) groups is 1. The van der Waals surface area contributed by atoms with Crippen LogP contribution in [-0.4, -0.2) is 33.1 Å². The number of carboxylic acid groups (broad SMARTS) is 1. The number of fused-ring (bicyclic) bond motifs is 2. The lowest BCUT2D eigenvalue weighted by atomic mass is 9.96. The molecule has 0 aliphatic carbocycles. The first-order valence-corrected chi connectivity index (χ1v) is 11.6. The number of aliphatic carboxylic acids is 1. The number of rotatable bonds is 8. The lowest BCUT2D eigenvalue weighted by Gasteiger charge is -2.20. The molecule has 6 nitrogen and oxygen atoms in total. The Hall–Kier alpha value is -2.09. The van der Waals surface area contributed by atoms with Crippen LogP contribution in [-0.2, 0) is 14.8 Å². The number of hydrogen-bond donors (Lipinski definition) is 2. The zero-order chi connectivity index (χ0) is 21.0. The monoisotopic (exact) mass is 453 g/mol. The van der Waals surface area contributed by atoms with Gasteiger partial charge in [0.15, 0.2) is 0 Å². The number of quaternary nitrogens is 1. The molecule has 0 radical (unpaired) electrons. The summed E-state index contributed by atoms with van der Waals surface area (Å²) >= 11 is 6.13. The molecule has 0 saturated heterocycles. The molecule has 0 saturated carbocycles. The summed E-state index contributed by atoms with van der Waals surface area (Å²) in [4.78, 5) is 10.8. The summed E-state index contributed by atoms with van der Waals surface area (Å²) in [5.41, 5.74) is 2.35. The Morgan fingerprint density at radius 2 is 1.80 bits per heavy atom. The van der Waals surface area contributed by atoms with Gasteiger partial charge in [0, 0.05) is 29.6 Å². The van der Waals surface area contributed by atoms with Gasteiger partial charge in [0.2, 0.25) is 0 Å². The molecule has 1 aliphatic rings. The minimum absolute atomic E-state index is 0. The van der Waals surface area contributed by atoms with Gasteiger partial charge in [-0.15, -0.1) is 0 Å². The van der Waals surface area contributed by atoms with E-state index in [2.05, 4.69) is 5.32 Å². The second-order valence-electron chi connectivity index (χ2n) is 7.27. The van der Waals surface area contributed by atoms with Crippen LogP contribution in [0.5, 0.6) is 0 Å². The van der Waals surface area contributed by atoms with Crippen LogP contribution in [0.3, 0.4) is 0 Å². The molecule has 30 heavy (non-hydrogen) atoms. The second-order valence-corrected chi connectivity index (χ2v) is 9.65. The van der Waals surface area contributed by atoms with E-state index in [1.54, 1.807) is 19.2 Å². The maximum Gasteiger partial charge on any atom is 0.303 e. The quantitative estimate of drug-likeness (QED) is 0.594. The maximum atomic E-state index is 13.2. The Kier molecular flexibility index (Phi) is 8.29. The molecule has 1 aliphatic heterocycles. The Labute approximate surface area is 183 Å². The number of hydrogen-bond acceptors (Lipinski definition) is 3. The van der Waals surface area contributed by atoms with E-state index in [4.69, 9.17) is 16.7 Å². The van der Waals surface area contributed by atoms with Crippen molar-refractivity contribution in [1.29, 1.82) is 0 Å². The number of benzene rings is 2. The smallest absolute Gasteiger partial charge is 0.303 e. The van der Waals surface area contributed by atoms with Gasteiger partial charge in [0.25, 0.3) is 10.0 Å². The van der Waals surface area contributed by atoms with Crippen molar-refractivity contribution in [2.75, 3.05) is 17.9 Å². The predicted octanol–water partition coefficient (Wildman–Crippen LogP) is 3.80. The normalized spacial score (nSPS) is 16.7. The summed E-state index contributed by atoms with van der Waals surface area (Å²) in [7, 11) is -2.13. The van der Waals surface area contributed by atoms with E-state index in [0.717, 1.165) is 36.9 Å². The molecule has 1 unspecified atom stereocenters. The fourth-order valence-electron chi connectivity index (χ4n) is 3.78. The number of para-hydroxylation sites is 1. The van der Waals surface area contributed by atoms with Crippen LogP contribution in [0.25, 0.3) is 0 Å². The minimum atomic E-state index is -3.70. The van der Waals surface area contributed by atoms with Crippen LogP contribution in [0.1, 0.15) is 56.7 Å². The van der Waals surface area contributed by atoms with E-state index in [1.165, 1.54) is 10.4 Å². The van der Waals surface area contributed by atoms with Gasteiger partial charge in [-0.05, 0) is 43.5 Å². The van der Waals surface area contributed by atoms with Crippen molar-refractivity contribution in [2.24, 2.45) is 0 Å². The van der Waals surface area contributed by atoms with Crippen LogP contribution >= 0.6 is 11.6 Å². The molecule has 3 rings (SSSR count). The van der Waals surface area contributed by atoms with Crippen LogP contribution in [0.4, 0.5) is 5.69 Å². The van der Waals surface area contributed by atoms with E-state index >= 15 is 0 Å². The van der Waals surface area contributed by atoms with Gasteiger partial charge in [-0.1, -0.05) is 43.6 Å². The van der Waals surface area contributed by atoms with Crippen molar-refractivity contribution in [3.63, 3.8) is 0 Å². The zero-order valence-corrected chi connectivity index (χ0v) is 17.9. The molecule has 2 aromatic carbocycles. The number of halogens is 1. The van der Waals surface area contributed by atoms with Crippen molar-refractivity contribution in [1.82, 2.24) is 0 Å². The van der Waals surface area contributed by atoms with Crippen molar-refractivity contribution >= 4 is 33.3 Å². The first-order valence-electron chi connectivity index (χ1n) is 9.75. The third-order valence-corrected chi connectivity index (χ3v) is 7.37. The molecule has 2 aromatic rings. The summed E-state index contributed by atoms with van der Waals surface area (Å²) in [5, 5.41) is 11.3. The molecule has 0 fully saturated rings. The number of unbranched alkanes of at least 4 members (excludes halogenated alkanes) is 3. The first-order chi connectivity index (χ1) is 13.8. The van der Waals surface area contributed by atoms with E-state index in [0.29, 0.717) is 17.1 Å². The zero-order valence-electron chi connectivity index (χ0n) is 16.3. The topological polar surface area (TPSA) is 91.3 Å². The summed E-state index contributed by atoms with van der Waals surface area (Å²) in [5.74, 6) is -0.757. The summed E-state index contributed by atoms with van der Waals surface area (Å²) in [6.45, 7) is 0.817. The third kappa shape index (κ3) is 5.14. The average molecular weight is 454 g/mol. The van der Waals surface area contributed by atoms with Gasteiger partial charge in [-0.3, -0.25) is 9.10 Å². The van der Waals surface area contributed by atoms with Gasteiger partial charge in [0.05, 0.1) is 17.1 Å². The SMILES string of the molecule is C.CN1c2ccccc2C([NH2+]CCCCCCC(=O)O)c2ccc(Cl)cc2S1(=O)=O. The Morgan fingerprint density at radius 1 is 1.10 bits per heavy atom. The fourth-order valence-corrected chi connectivity index (χ4v) is 5.51. The second kappa shape index (κ2) is 10.3. The highest BCUT2D eigenvalue weighted by molar-refractivity contribution is 7.92. The highest BCUT2D eigenvalue weighted by Gasteiger charge is 2.36. The average Bonchev–Trinajstić information content (AvgIpc) is 2.75. The molecule has 1 atom stereocenters. The largest absolute Gasteiger partial charge is 0.481 e. The number of sulfonamides is 1. The lowest BCUT2D eigenvalue weighted by molar-refractivity contribution is -0.687. The number of nitrogens with zero attached hydrogens (tertiary/aromatic N) is 1. The summed E-state index contributed by atoms with van der Waals surface area (Å²) in [6, 6.07) is 12.5. The number of anilines is 1. The highest BCUT2D eigenvalue weighted by Crippen LogP contribution is 2.39. The molecule has 3 N–H and O–H groups in total. The summed E-state index contributed by atoms with van der Waals surface area (Å²) in [6.07, 6.45) is 3.66. The van der Waals surface area contributed by atoms with Gasteiger partial charge >= 0.3 is 5.97 Å². The molecular weight excluding hydrogens is 424 g/mol. The van der Waals surface area contributed by atoms with Gasteiger partial charge < -0.3 is 10.4 Å². The third-order valence-electron chi connectivity index (χ3n) is 5.31. The predicted molar refractivity (Wildman–Crippen MR) is 120 cm³/mol. The van der Waals surface area contributed by atoms with E-state index in [-0.39, 0.29) is 24.8 Å². The van der Waals surface area contributed by atoms with E-state index in [9.17, 15) is 13.2 Å². The highest BCUT2D eigenvalue weighted by atomic mass is 35.5. The molecular formula is C22H30ClN2O4S+. The maximum absolute atomic E-state index is 13.2.